The SMILES string of the molecule is CNC(C)C(=O)NC(C(=O)N1Cc2cc(N(C(=O)C3(C(N)=O)CCC3)[C@H]3C[C@@H](C(=O)N[C@@H]4CCCc5ccccc54)N(C(=O)C(NC(=O)C(C)NC)C(C)(C)C)C3)ccc2CC1C(=O)N[C@@H]1CCCc2ccccc21)C(C)(C)C. The number of carbonyl (C=O) groups is 8. The van der Waals surface area contributed by atoms with E-state index in [4.69, 9.17) is 5.73 Å². The lowest BCUT2D eigenvalue weighted by Gasteiger charge is -2.44. The van der Waals surface area contributed by atoms with Gasteiger partial charge < -0.3 is 52.3 Å². The fourth-order valence-electron chi connectivity index (χ4n) is 12.3. The van der Waals surface area contributed by atoms with Crippen LogP contribution in [-0.2, 0) is 64.2 Å². The average molecular weight is 1090 g/mol. The fraction of sp³-hybridized carbons (Fsp3) is 0.574. The van der Waals surface area contributed by atoms with Gasteiger partial charge in [-0.05, 0) is 142 Å². The van der Waals surface area contributed by atoms with Gasteiger partial charge in [-0.2, -0.15) is 0 Å². The second kappa shape index (κ2) is 23.6. The molecule has 1 saturated carbocycles. The molecular weight excluding hydrogens is 1000 g/mol. The van der Waals surface area contributed by atoms with Gasteiger partial charge in [0.2, 0.25) is 47.3 Å². The van der Waals surface area contributed by atoms with Gasteiger partial charge in [0.1, 0.15) is 29.6 Å². The number of nitrogens with zero attached hydrogens (tertiary/aromatic N) is 3. The minimum atomic E-state index is -1.56. The van der Waals surface area contributed by atoms with Crippen LogP contribution in [0.5, 0.6) is 0 Å². The predicted molar refractivity (Wildman–Crippen MR) is 302 cm³/mol. The molecule has 9 atom stereocenters. The lowest BCUT2D eigenvalue weighted by Crippen LogP contribution is -2.62. The van der Waals surface area contributed by atoms with E-state index in [1.54, 1.807) is 40.1 Å². The first-order valence-electron chi connectivity index (χ1n) is 28.5. The maximum atomic E-state index is 15.6. The van der Waals surface area contributed by atoms with Gasteiger partial charge in [0.25, 0.3) is 0 Å². The molecule has 18 nitrogen and oxygen atoms in total. The molecule has 2 heterocycles. The molecule has 79 heavy (non-hydrogen) atoms. The van der Waals surface area contributed by atoms with Gasteiger partial charge in [-0.3, -0.25) is 38.4 Å². The highest BCUT2D eigenvalue weighted by atomic mass is 16.2. The Balaban J connectivity index is 1.20. The van der Waals surface area contributed by atoms with E-state index in [0.717, 1.165) is 54.4 Å². The Bertz CT molecular complexity index is 2830. The number of hydrogen-bond donors (Lipinski definition) is 7. The van der Waals surface area contributed by atoms with Crippen molar-refractivity contribution in [3.63, 3.8) is 0 Å². The molecule has 0 bridgehead atoms. The number of amides is 8. The van der Waals surface area contributed by atoms with E-state index in [1.165, 1.54) is 20.3 Å². The summed E-state index contributed by atoms with van der Waals surface area (Å²) in [4.78, 5) is 121. The van der Waals surface area contributed by atoms with Gasteiger partial charge >= 0.3 is 0 Å². The largest absolute Gasteiger partial charge is 0.369 e. The van der Waals surface area contributed by atoms with Crippen LogP contribution in [0, 0.1) is 16.2 Å². The van der Waals surface area contributed by atoms with Gasteiger partial charge in [0.15, 0.2) is 0 Å². The molecule has 8 rings (SSSR count). The van der Waals surface area contributed by atoms with Crippen molar-refractivity contribution in [1.29, 1.82) is 0 Å². The lowest BCUT2D eigenvalue weighted by atomic mass is 9.67. The van der Waals surface area contributed by atoms with E-state index in [2.05, 4.69) is 44.0 Å². The first-order chi connectivity index (χ1) is 37.4. The molecule has 8 N–H and O–H groups in total. The molecule has 426 valence electrons. The van der Waals surface area contributed by atoms with Gasteiger partial charge in [-0.15, -0.1) is 0 Å². The third-order valence-corrected chi connectivity index (χ3v) is 17.5. The third-order valence-electron chi connectivity index (χ3n) is 17.5. The molecular formula is C61H84N10O8. The third kappa shape index (κ3) is 12.1. The highest BCUT2D eigenvalue weighted by molar-refractivity contribution is 6.12. The van der Waals surface area contributed by atoms with Crippen LogP contribution in [-0.4, -0.2) is 120 Å². The van der Waals surface area contributed by atoms with Crippen LogP contribution in [0.25, 0.3) is 0 Å². The first kappa shape index (κ1) is 58.5. The van der Waals surface area contributed by atoms with Gasteiger partial charge in [-0.1, -0.05) is 103 Å². The molecule has 8 amide bonds. The smallest absolute Gasteiger partial charge is 0.246 e. The molecule has 5 aliphatic rings. The molecule has 0 aromatic heterocycles. The molecule has 0 radical (unpaired) electrons. The Morgan fingerprint density at radius 1 is 0.633 bits per heavy atom. The fourth-order valence-corrected chi connectivity index (χ4v) is 12.3. The minimum absolute atomic E-state index is 0.0174. The number of nitrogens with two attached hydrogens (primary N) is 1. The number of rotatable bonds is 16. The molecule has 3 aromatic carbocycles. The van der Waals surface area contributed by atoms with E-state index >= 15 is 19.2 Å². The molecule has 3 aromatic rings. The summed E-state index contributed by atoms with van der Waals surface area (Å²) in [7, 11) is 3.31. The summed E-state index contributed by atoms with van der Waals surface area (Å²) in [5.41, 5.74) is 9.07. The number of primary amides is 1. The maximum absolute atomic E-state index is 15.6. The minimum Gasteiger partial charge on any atom is -0.369 e. The number of anilines is 1. The molecule has 1 saturated heterocycles. The Labute approximate surface area is 465 Å². The van der Waals surface area contributed by atoms with Crippen molar-refractivity contribution in [2.24, 2.45) is 22.0 Å². The van der Waals surface area contributed by atoms with E-state index < -0.39 is 94.0 Å². The summed E-state index contributed by atoms with van der Waals surface area (Å²) in [6.45, 7) is 14.3. The summed E-state index contributed by atoms with van der Waals surface area (Å²) < 4.78 is 0. The number of fused-ring (bicyclic) bond motifs is 3. The summed E-state index contributed by atoms with van der Waals surface area (Å²) in [5.74, 6) is -3.81. The van der Waals surface area contributed by atoms with Crippen molar-refractivity contribution in [1.82, 2.24) is 41.7 Å². The van der Waals surface area contributed by atoms with Crippen LogP contribution >= 0.6 is 0 Å². The molecule has 2 aliphatic heterocycles. The number of carbonyl (C=O) groups excluding carboxylic acids is 8. The normalized spacial score (nSPS) is 22.9. The molecule has 0 spiro atoms. The molecule has 2 fully saturated rings. The van der Waals surface area contributed by atoms with Crippen molar-refractivity contribution in [2.75, 3.05) is 25.5 Å². The van der Waals surface area contributed by atoms with Crippen molar-refractivity contribution < 1.29 is 38.4 Å². The number of nitrogens with one attached hydrogen (secondary N) is 6. The Morgan fingerprint density at radius 3 is 1.59 bits per heavy atom. The van der Waals surface area contributed by atoms with Crippen molar-refractivity contribution in [2.45, 2.75) is 187 Å². The van der Waals surface area contributed by atoms with E-state index in [0.29, 0.717) is 24.1 Å². The van der Waals surface area contributed by atoms with Crippen LogP contribution in [0.4, 0.5) is 5.69 Å². The maximum Gasteiger partial charge on any atom is 0.246 e. The molecule has 3 aliphatic carbocycles. The van der Waals surface area contributed by atoms with E-state index in [-0.39, 0.29) is 62.7 Å². The summed E-state index contributed by atoms with van der Waals surface area (Å²) >= 11 is 0. The van der Waals surface area contributed by atoms with Crippen molar-refractivity contribution >= 4 is 52.9 Å². The van der Waals surface area contributed by atoms with Gasteiger partial charge in [0, 0.05) is 25.2 Å². The predicted octanol–water partition coefficient (Wildman–Crippen LogP) is 4.56. The van der Waals surface area contributed by atoms with Crippen molar-refractivity contribution in [3.05, 3.63) is 100 Å². The zero-order valence-corrected chi connectivity index (χ0v) is 47.9. The Hall–Kier alpha value is -6.66. The first-order valence-corrected chi connectivity index (χ1v) is 28.5. The summed E-state index contributed by atoms with van der Waals surface area (Å²) in [6, 6.07) is 14.5. The molecule has 5 unspecified atom stereocenters. The Morgan fingerprint density at radius 2 is 1.13 bits per heavy atom. The van der Waals surface area contributed by atoms with Crippen LogP contribution in [0.2, 0.25) is 0 Å². The number of aryl methyl sites for hydroxylation is 2. The quantitative estimate of drug-likeness (QED) is 0.0987. The van der Waals surface area contributed by atoms with Crippen LogP contribution < -0.4 is 42.5 Å². The molecule has 18 heteroatoms. The summed E-state index contributed by atoms with van der Waals surface area (Å²) in [6.07, 6.45) is 6.01. The number of hydrogen-bond acceptors (Lipinski definition) is 10. The highest BCUT2D eigenvalue weighted by Gasteiger charge is 2.56. The standard InChI is InChI=1S/C61H84N10O8/c1-35(63-9)51(72)67-49(59(3,4)5)55(76)69-33-40-30-41(27-26-39(40)31-47(69)53(74)65-45-24-15-20-37-18-11-13-22-43(37)45)71(58(79)61(57(62)78)28-17-29-61)42-32-48(54(75)66-46-25-16-21-38-19-12-14-23-44(38)46)70(34-42)56(77)50(60(6,7)8)68-52(73)36(2)64-10/h11-14,18-19,22-23,26-27,30,35-36,42,45-50,63-64H,15-17,20-21,24-25,28-29,31-34H2,1-10H3,(H2,62,78)(H,65,74)(H,66,75)(H,67,72)(H,68,73)/t35?,36?,42-,45+,46+,47?,48-,49?,50?/m0/s1. The number of likely N-dealkylation sites (N-methyl/N-ethyl adjacent to an activating group) is 2. The van der Waals surface area contributed by atoms with Crippen LogP contribution in [0.15, 0.2) is 66.7 Å². The monoisotopic (exact) mass is 1080 g/mol. The second-order valence-electron chi connectivity index (χ2n) is 25.0. The average Bonchev–Trinajstić information content (AvgIpc) is 4.01. The number of benzene rings is 3. The van der Waals surface area contributed by atoms with Crippen LogP contribution in [0.3, 0.4) is 0 Å². The van der Waals surface area contributed by atoms with E-state index in [9.17, 15) is 19.2 Å². The zero-order valence-electron chi connectivity index (χ0n) is 47.9. The zero-order chi connectivity index (χ0) is 57.3. The topological polar surface area (TPSA) is 244 Å². The lowest BCUT2D eigenvalue weighted by molar-refractivity contribution is -0.147. The van der Waals surface area contributed by atoms with Crippen LogP contribution in [0.1, 0.15) is 152 Å². The van der Waals surface area contributed by atoms with Gasteiger partial charge in [-0.25, -0.2) is 0 Å². The van der Waals surface area contributed by atoms with E-state index in [1.807, 2.05) is 84.0 Å². The Kier molecular flexibility index (Phi) is 17.5. The van der Waals surface area contributed by atoms with Crippen molar-refractivity contribution in [3.8, 4) is 0 Å². The second-order valence-corrected chi connectivity index (χ2v) is 25.0. The van der Waals surface area contributed by atoms with Gasteiger partial charge in [0.05, 0.1) is 30.2 Å². The summed E-state index contributed by atoms with van der Waals surface area (Å²) in [5, 5.41) is 18.4. The highest BCUT2D eigenvalue weighted by Crippen LogP contribution is 2.46. The number of likely N-dealkylation sites (tertiary alicyclic amines) is 1.